The third kappa shape index (κ3) is 2.96. The fourth-order valence-electron chi connectivity index (χ4n) is 1.98. The van der Waals surface area contributed by atoms with Crippen molar-refractivity contribution in [2.75, 3.05) is 26.4 Å². The van der Waals surface area contributed by atoms with E-state index in [9.17, 15) is 0 Å². The fraction of sp³-hybridized carbons (Fsp3) is 0.250. The molecule has 1 aliphatic heterocycles. The monoisotopic (exact) mass is 272 g/mol. The molecule has 4 nitrogen and oxygen atoms in total. The second-order valence-electron chi connectivity index (χ2n) is 4.29. The van der Waals surface area contributed by atoms with Gasteiger partial charge < -0.3 is 18.9 Å². The number of rotatable bonds is 0. The first kappa shape index (κ1) is 12.7. The lowest BCUT2D eigenvalue weighted by atomic mass is 10.3. The summed E-state index contributed by atoms with van der Waals surface area (Å²) in [5.41, 5.74) is 0. The SMILES string of the molecule is c1ccc2c(c1)OCCOc1ccccc1OCCO2. The number of fused-ring (bicyclic) bond motifs is 2. The minimum Gasteiger partial charge on any atom is -0.486 e. The smallest absolute Gasteiger partial charge is 0.161 e. The minimum absolute atomic E-state index is 0.453. The summed E-state index contributed by atoms with van der Waals surface area (Å²) in [6.07, 6.45) is 0. The number of benzene rings is 2. The van der Waals surface area contributed by atoms with Crippen molar-refractivity contribution in [1.82, 2.24) is 0 Å². The van der Waals surface area contributed by atoms with Crippen LogP contribution in [0.3, 0.4) is 0 Å². The average Bonchev–Trinajstić information content (AvgIpc) is 2.49. The molecule has 4 heteroatoms. The Bertz CT molecular complexity index is 466. The van der Waals surface area contributed by atoms with Gasteiger partial charge in [-0.05, 0) is 24.3 Å². The van der Waals surface area contributed by atoms with Crippen LogP contribution in [-0.2, 0) is 0 Å². The summed E-state index contributed by atoms with van der Waals surface area (Å²) >= 11 is 0. The van der Waals surface area contributed by atoms with Crippen LogP contribution in [0.25, 0.3) is 0 Å². The molecule has 0 aliphatic carbocycles. The van der Waals surface area contributed by atoms with Crippen molar-refractivity contribution >= 4 is 0 Å². The highest BCUT2D eigenvalue weighted by atomic mass is 16.6. The molecule has 0 aromatic heterocycles. The lowest BCUT2D eigenvalue weighted by Crippen LogP contribution is -2.14. The zero-order chi connectivity index (χ0) is 13.6. The molecule has 0 unspecified atom stereocenters. The lowest BCUT2D eigenvalue weighted by Gasteiger charge is -2.17. The first-order chi connectivity index (χ1) is 9.93. The van der Waals surface area contributed by atoms with E-state index in [1.165, 1.54) is 0 Å². The Kier molecular flexibility index (Phi) is 3.92. The van der Waals surface area contributed by atoms with E-state index in [1.54, 1.807) is 0 Å². The third-order valence-electron chi connectivity index (χ3n) is 2.90. The van der Waals surface area contributed by atoms with E-state index in [2.05, 4.69) is 0 Å². The molecule has 104 valence electrons. The summed E-state index contributed by atoms with van der Waals surface area (Å²) in [6, 6.07) is 15.2. The maximum absolute atomic E-state index is 5.68. The fourth-order valence-corrected chi connectivity index (χ4v) is 1.98. The number of hydrogen-bond acceptors (Lipinski definition) is 4. The predicted octanol–water partition coefficient (Wildman–Crippen LogP) is 2.92. The van der Waals surface area contributed by atoms with Crippen LogP contribution in [0.4, 0.5) is 0 Å². The lowest BCUT2D eigenvalue weighted by molar-refractivity contribution is 0.171. The molecule has 0 fully saturated rings. The largest absolute Gasteiger partial charge is 0.486 e. The molecule has 0 bridgehead atoms. The van der Waals surface area contributed by atoms with Crippen LogP contribution in [0.15, 0.2) is 48.5 Å². The summed E-state index contributed by atoms with van der Waals surface area (Å²) in [4.78, 5) is 0. The molecule has 1 heterocycles. The van der Waals surface area contributed by atoms with Crippen LogP contribution >= 0.6 is 0 Å². The van der Waals surface area contributed by atoms with Crippen molar-refractivity contribution in [2.24, 2.45) is 0 Å². The first-order valence-electron chi connectivity index (χ1n) is 6.63. The van der Waals surface area contributed by atoms with Crippen molar-refractivity contribution in [2.45, 2.75) is 0 Å². The molecule has 3 rings (SSSR count). The van der Waals surface area contributed by atoms with Crippen LogP contribution in [0, 0.1) is 0 Å². The van der Waals surface area contributed by atoms with Gasteiger partial charge in [-0.1, -0.05) is 24.3 Å². The second kappa shape index (κ2) is 6.19. The summed E-state index contributed by atoms with van der Waals surface area (Å²) < 4.78 is 22.7. The van der Waals surface area contributed by atoms with Crippen LogP contribution < -0.4 is 18.9 Å². The van der Waals surface area contributed by atoms with Gasteiger partial charge >= 0.3 is 0 Å². The van der Waals surface area contributed by atoms with Gasteiger partial charge in [-0.3, -0.25) is 0 Å². The standard InChI is InChI=1S/C16H16O4/c1-2-6-14-13(5-1)17-9-10-19-15-7-3-4-8-16(15)20-12-11-18-14/h1-8H,9-12H2. The van der Waals surface area contributed by atoms with E-state index in [4.69, 9.17) is 18.9 Å². The van der Waals surface area contributed by atoms with Crippen LogP contribution in [-0.4, -0.2) is 26.4 Å². The van der Waals surface area contributed by atoms with Gasteiger partial charge in [0.1, 0.15) is 26.4 Å². The Morgan fingerprint density at radius 1 is 0.450 bits per heavy atom. The Balaban J connectivity index is 1.75. The van der Waals surface area contributed by atoms with E-state index in [0.717, 1.165) is 23.0 Å². The average molecular weight is 272 g/mol. The van der Waals surface area contributed by atoms with Crippen LogP contribution in [0.5, 0.6) is 23.0 Å². The highest BCUT2D eigenvalue weighted by Crippen LogP contribution is 2.29. The van der Waals surface area contributed by atoms with E-state index in [-0.39, 0.29) is 0 Å². The molecule has 0 radical (unpaired) electrons. The Morgan fingerprint density at radius 3 is 0.950 bits per heavy atom. The van der Waals surface area contributed by atoms with E-state index in [0.29, 0.717) is 26.4 Å². The highest BCUT2D eigenvalue weighted by Gasteiger charge is 2.08. The molecular formula is C16H16O4. The summed E-state index contributed by atoms with van der Waals surface area (Å²) in [7, 11) is 0. The van der Waals surface area contributed by atoms with Crippen molar-refractivity contribution < 1.29 is 18.9 Å². The Hall–Kier alpha value is -2.36. The molecule has 0 amide bonds. The highest BCUT2D eigenvalue weighted by molar-refractivity contribution is 5.40. The van der Waals surface area contributed by atoms with Crippen molar-refractivity contribution in [3.8, 4) is 23.0 Å². The van der Waals surface area contributed by atoms with Crippen LogP contribution in [0.1, 0.15) is 0 Å². The van der Waals surface area contributed by atoms with Gasteiger partial charge in [0.25, 0.3) is 0 Å². The topological polar surface area (TPSA) is 36.9 Å². The number of hydrogen-bond donors (Lipinski definition) is 0. The van der Waals surface area contributed by atoms with Gasteiger partial charge in [-0.2, -0.15) is 0 Å². The second-order valence-corrected chi connectivity index (χ2v) is 4.29. The molecule has 1 aliphatic rings. The molecular weight excluding hydrogens is 256 g/mol. The number of ether oxygens (including phenoxy) is 4. The molecule has 0 spiro atoms. The summed E-state index contributed by atoms with van der Waals surface area (Å²) in [6.45, 7) is 1.81. The molecule has 0 saturated carbocycles. The quantitative estimate of drug-likeness (QED) is 0.739. The molecule has 2 aromatic carbocycles. The first-order valence-corrected chi connectivity index (χ1v) is 6.63. The van der Waals surface area contributed by atoms with Crippen molar-refractivity contribution in [3.05, 3.63) is 48.5 Å². The summed E-state index contributed by atoms with van der Waals surface area (Å²) in [5.74, 6) is 2.91. The zero-order valence-corrected chi connectivity index (χ0v) is 11.1. The number of para-hydroxylation sites is 4. The molecule has 2 aromatic rings. The Morgan fingerprint density at radius 2 is 0.700 bits per heavy atom. The van der Waals surface area contributed by atoms with Gasteiger partial charge in [0.15, 0.2) is 23.0 Å². The summed E-state index contributed by atoms with van der Waals surface area (Å²) in [5, 5.41) is 0. The third-order valence-corrected chi connectivity index (χ3v) is 2.90. The van der Waals surface area contributed by atoms with Gasteiger partial charge in [0, 0.05) is 0 Å². The predicted molar refractivity (Wildman–Crippen MR) is 74.9 cm³/mol. The Labute approximate surface area is 117 Å². The molecule has 0 saturated heterocycles. The molecule has 0 N–H and O–H groups in total. The van der Waals surface area contributed by atoms with Crippen molar-refractivity contribution in [3.63, 3.8) is 0 Å². The minimum atomic E-state index is 0.453. The normalized spacial score (nSPS) is 14.8. The zero-order valence-electron chi connectivity index (χ0n) is 11.1. The van der Waals surface area contributed by atoms with E-state index >= 15 is 0 Å². The van der Waals surface area contributed by atoms with Crippen LogP contribution in [0.2, 0.25) is 0 Å². The van der Waals surface area contributed by atoms with Gasteiger partial charge in [-0.15, -0.1) is 0 Å². The van der Waals surface area contributed by atoms with E-state index in [1.807, 2.05) is 48.5 Å². The van der Waals surface area contributed by atoms with Gasteiger partial charge in [-0.25, -0.2) is 0 Å². The van der Waals surface area contributed by atoms with Gasteiger partial charge in [0.2, 0.25) is 0 Å². The maximum atomic E-state index is 5.68. The van der Waals surface area contributed by atoms with Crippen molar-refractivity contribution in [1.29, 1.82) is 0 Å². The maximum Gasteiger partial charge on any atom is 0.161 e. The van der Waals surface area contributed by atoms with Gasteiger partial charge in [0.05, 0.1) is 0 Å². The van der Waals surface area contributed by atoms with E-state index < -0.39 is 0 Å². The molecule has 20 heavy (non-hydrogen) atoms. The molecule has 0 atom stereocenters.